The van der Waals surface area contributed by atoms with E-state index >= 15 is 0 Å². The zero-order valence-electron chi connectivity index (χ0n) is 11.3. The van der Waals surface area contributed by atoms with Gasteiger partial charge in [-0.1, -0.05) is 6.92 Å². The van der Waals surface area contributed by atoms with Crippen LogP contribution in [0.4, 0.5) is 5.82 Å². The Labute approximate surface area is 116 Å². The van der Waals surface area contributed by atoms with Crippen molar-refractivity contribution in [3.05, 3.63) is 24.5 Å². The topological polar surface area (TPSA) is 79.2 Å². The molecule has 1 saturated heterocycles. The SMILES string of the molecule is CCC1(C(=O)O)CCN(c2ccc3nccnc3n2)C1. The molecule has 6 nitrogen and oxygen atoms in total. The van der Waals surface area contributed by atoms with E-state index in [-0.39, 0.29) is 0 Å². The third-order valence-corrected chi connectivity index (χ3v) is 4.13. The number of rotatable bonds is 3. The van der Waals surface area contributed by atoms with Crippen LogP contribution < -0.4 is 4.90 Å². The van der Waals surface area contributed by atoms with Crippen molar-refractivity contribution >= 4 is 23.0 Å². The van der Waals surface area contributed by atoms with Crippen molar-refractivity contribution in [1.82, 2.24) is 15.0 Å². The van der Waals surface area contributed by atoms with Gasteiger partial charge in [-0.05, 0) is 25.0 Å². The van der Waals surface area contributed by atoms with E-state index in [0.717, 1.165) is 11.3 Å². The zero-order valence-corrected chi connectivity index (χ0v) is 11.3. The summed E-state index contributed by atoms with van der Waals surface area (Å²) in [5, 5.41) is 9.43. The molecule has 1 fully saturated rings. The van der Waals surface area contributed by atoms with Gasteiger partial charge in [-0.15, -0.1) is 0 Å². The third kappa shape index (κ3) is 1.97. The van der Waals surface area contributed by atoms with Crippen LogP contribution in [0.25, 0.3) is 11.2 Å². The summed E-state index contributed by atoms with van der Waals surface area (Å²) in [6.07, 6.45) is 4.52. The molecule has 0 aliphatic carbocycles. The molecule has 104 valence electrons. The number of hydrogen-bond acceptors (Lipinski definition) is 5. The van der Waals surface area contributed by atoms with Crippen molar-refractivity contribution in [3.63, 3.8) is 0 Å². The number of hydrogen-bond donors (Lipinski definition) is 1. The summed E-state index contributed by atoms with van der Waals surface area (Å²) < 4.78 is 0. The van der Waals surface area contributed by atoms with Crippen LogP contribution >= 0.6 is 0 Å². The van der Waals surface area contributed by atoms with Crippen molar-refractivity contribution in [2.24, 2.45) is 5.41 Å². The van der Waals surface area contributed by atoms with Gasteiger partial charge in [0.25, 0.3) is 0 Å². The average Bonchev–Trinajstić information content (AvgIpc) is 2.92. The lowest BCUT2D eigenvalue weighted by atomic mass is 9.84. The van der Waals surface area contributed by atoms with Crippen LogP contribution in [-0.4, -0.2) is 39.1 Å². The minimum absolute atomic E-state index is 0.498. The van der Waals surface area contributed by atoms with Gasteiger partial charge >= 0.3 is 5.97 Å². The number of aliphatic carboxylic acids is 1. The first kappa shape index (κ1) is 12.8. The number of carbonyl (C=O) groups is 1. The molecule has 0 amide bonds. The van der Waals surface area contributed by atoms with E-state index in [2.05, 4.69) is 15.0 Å². The lowest BCUT2D eigenvalue weighted by Gasteiger charge is -2.23. The second-order valence-corrected chi connectivity index (χ2v) is 5.18. The van der Waals surface area contributed by atoms with Crippen molar-refractivity contribution in [2.45, 2.75) is 19.8 Å². The quantitative estimate of drug-likeness (QED) is 0.916. The Morgan fingerprint density at radius 3 is 2.90 bits per heavy atom. The number of aromatic nitrogens is 3. The van der Waals surface area contributed by atoms with Gasteiger partial charge in [0.05, 0.1) is 5.41 Å². The zero-order chi connectivity index (χ0) is 14.2. The van der Waals surface area contributed by atoms with Crippen molar-refractivity contribution in [1.29, 1.82) is 0 Å². The fourth-order valence-electron chi connectivity index (χ4n) is 2.70. The molecular formula is C14H16N4O2. The highest BCUT2D eigenvalue weighted by Crippen LogP contribution is 2.36. The van der Waals surface area contributed by atoms with E-state index in [9.17, 15) is 9.90 Å². The summed E-state index contributed by atoms with van der Waals surface area (Å²) in [6, 6.07) is 3.75. The Bertz CT molecular complexity index is 660. The molecule has 0 saturated carbocycles. The molecule has 1 aliphatic heterocycles. The normalized spacial score (nSPS) is 22.4. The van der Waals surface area contributed by atoms with Crippen LogP contribution in [0.1, 0.15) is 19.8 Å². The molecule has 3 rings (SSSR count). The van der Waals surface area contributed by atoms with Gasteiger partial charge in [0.1, 0.15) is 11.3 Å². The van der Waals surface area contributed by atoms with Crippen LogP contribution in [0, 0.1) is 5.41 Å². The predicted octanol–water partition coefficient (Wildman–Crippen LogP) is 1.72. The number of nitrogens with zero attached hydrogens (tertiary/aromatic N) is 4. The lowest BCUT2D eigenvalue weighted by molar-refractivity contribution is -0.147. The van der Waals surface area contributed by atoms with Crippen LogP contribution in [-0.2, 0) is 4.79 Å². The second kappa shape index (κ2) is 4.70. The van der Waals surface area contributed by atoms with E-state index < -0.39 is 11.4 Å². The van der Waals surface area contributed by atoms with Crippen LogP contribution in [0.2, 0.25) is 0 Å². The Kier molecular flexibility index (Phi) is 3.00. The highest BCUT2D eigenvalue weighted by atomic mass is 16.4. The molecule has 0 radical (unpaired) electrons. The molecule has 20 heavy (non-hydrogen) atoms. The van der Waals surface area contributed by atoms with Gasteiger partial charge in [-0.25, -0.2) is 9.97 Å². The third-order valence-electron chi connectivity index (χ3n) is 4.13. The van der Waals surface area contributed by atoms with Crippen molar-refractivity contribution in [3.8, 4) is 0 Å². The maximum Gasteiger partial charge on any atom is 0.311 e. The summed E-state index contributed by atoms with van der Waals surface area (Å²) in [5.41, 5.74) is 0.684. The summed E-state index contributed by atoms with van der Waals surface area (Å²) in [6.45, 7) is 3.13. The van der Waals surface area contributed by atoms with Gasteiger partial charge < -0.3 is 10.0 Å². The first-order chi connectivity index (χ1) is 9.64. The van der Waals surface area contributed by atoms with E-state index in [0.29, 0.717) is 31.6 Å². The number of carboxylic acid groups (broad SMARTS) is 1. The Morgan fingerprint density at radius 1 is 1.40 bits per heavy atom. The maximum absolute atomic E-state index is 11.5. The van der Waals surface area contributed by atoms with Gasteiger partial charge in [0.2, 0.25) is 0 Å². The molecular weight excluding hydrogens is 256 g/mol. The number of anilines is 1. The number of pyridine rings is 1. The Morgan fingerprint density at radius 2 is 2.20 bits per heavy atom. The molecule has 3 heterocycles. The summed E-state index contributed by atoms with van der Waals surface area (Å²) in [7, 11) is 0. The molecule has 1 atom stereocenters. The molecule has 2 aromatic rings. The Hall–Kier alpha value is -2.24. The van der Waals surface area contributed by atoms with E-state index in [1.807, 2.05) is 24.0 Å². The van der Waals surface area contributed by atoms with Crippen LogP contribution in [0.5, 0.6) is 0 Å². The number of carboxylic acids is 1. The monoisotopic (exact) mass is 272 g/mol. The van der Waals surface area contributed by atoms with E-state index in [4.69, 9.17) is 0 Å². The van der Waals surface area contributed by atoms with Gasteiger partial charge in [0.15, 0.2) is 5.65 Å². The first-order valence-corrected chi connectivity index (χ1v) is 6.71. The molecule has 1 aliphatic rings. The van der Waals surface area contributed by atoms with E-state index in [1.54, 1.807) is 12.4 Å². The average molecular weight is 272 g/mol. The highest BCUT2D eigenvalue weighted by molar-refractivity contribution is 5.77. The largest absolute Gasteiger partial charge is 0.481 e. The smallest absolute Gasteiger partial charge is 0.311 e. The second-order valence-electron chi connectivity index (χ2n) is 5.18. The highest BCUT2D eigenvalue weighted by Gasteiger charge is 2.43. The molecule has 0 spiro atoms. The molecule has 0 aromatic carbocycles. The molecule has 1 unspecified atom stereocenters. The van der Waals surface area contributed by atoms with Gasteiger partial charge in [0, 0.05) is 25.5 Å². The molecule has 1 N–H and O–H groups in total. The fraction of sp³-hybridized carbons (Fsp3) is 0.429. The number of fused-ring (bicyclic) bond motifs is 1. The molecule has 2 aromatic heterocycles. The van der Waals surface area contributed by atoms with Crippen molar-refractivity contribution in [2.75, 3.05) is 18.0 Å². The van der Waals surface area contributed by atoms with E-state index in [1.165, 1.54) is 0 Å². The predicted molar refractivity (Wildman–Crippen MR) is 74.5 cm³/mol. The van der Waals surface area contributed by atoms with Gasteiger partial charge in [-0.2, -0.15) is 0 Å². The standard InChI is InChI=1S/C14H16N4O2/c1-2-14(13(19)20)5-8-18(9-14)11-4-3-10-12(17-11)16-7-6-15-10/h3-4,6-7H,2,5,8-9H2,1H3,(H,19,20). The summed E-state index contributed by atoms with van der Waals surface area (Å²) >= 11 is 0. The minimum atomic E-state index is -0.719. The Balaban J connectivity index is 1.91. The minimum Gasteiger partial charge on any atom is -0.481 e. The fourth-order valence-corrected chi connectivity index (χ4v) is 2.70. The summed E-state index contributed by atoms with van der Waals surface area (Å²) in [4.78, 5) is 26.3. The van der Waals surface area contributed by atoms with Crippen molar-refractivity contribution < 1.29 is 9.90 Å². The van der Waals surface area contributed by atoms with Gasteiger partial charge in [-0.3, -0.25) is 9.78 Å². The first-order valence-electron chi connectivity index (χ1n) is 6.71. The maximum atomic E-state index is 11.5. The van der Waals surface area contributed by atoms with Crippen LogP contribution in [0.15, 0.2) is 24.5 Å². The molecule has 6 heteroatoms. The lowest BCUT2D eigenvalue weighted by Crippen LogP contribution is -2.34. The molecule has 0 bridgehead atoms. The van der Waals surface area contributed by atoms with Crippen LogP contribution in [0.3, 0.4) is 0 Å². The summed E-state index contributed by atoms with van der Waals surface area (Å²) in [5.74, 6) is 0.0534.